The highest BCUT2D eigenvalue weighted by atomic mass is 19.4. The maximum atomic E-state index is 14.3. The normalized spacial score (nSPS) is 13.9. The first-order valence-electron chi connectivity index (χ1n) is 12.6. The number of nitrogens with zero attached hydrogens (tertiary/aromatic N) is 4. The number of aryl methyl sites for hydroxylation is 1. The molecule has 0 amide bonds. The lowest BCUT2D eigenvalue weighted by molar-refractivity contribution is -0.137. The van der Waals surface area contributed by atoms with Gasteiger partial charge in [0.2, 0.25) is 0 Å². The topological polar surface area (TPSA) is 81.8 Å². The summed E-state index contributed by atoms with van der Waals surface area (Å²) in [5.74, 6) is 0.908. The molecule has 0 radical (unpaired) electrons. The molecule has 0 unspecified atom stereocenters. The van der Waals surface area contributed by atoms with Crippen molar-refractivity contribution in [2.24, 2.45) is 0 Å². The molecule has 0 saturated carbocycles. The number of fused-ring (bicyclic) bond motifs is 1. The smallest absolute Gasteiger partial charge is 0.418 e. The van der Waals surface area contributed by atoms with E-state index in [1.165, 1.54) is 26.4 Å². The maximum Gasteiger partial charge on any atom is 0.418 e. The number of ether oxygens (including phenoxy) is 2. The summed E-state index contributed by atoms with van der Waals surface area (Å²) in [6.07, 6.45) is -2.84. The molecule has 1 aliphatic heterocycles. The van der Waals surface area contributed by atoms with Crippen LogP contribution in [0.1, 0.15) is 24.1 Å². The van der Waals surface area contributed by atoms with Crippen molar-refractivity contribution < 1.29 is 27.8 Å². The summed E-state index contributed by atoms with van der Waals surface area (Å²) in [5, 5.41) is 14.7. The van der Waals surface area contributed by atoms with Crippen LogP contribution < -0.4 is 19.9 Å². The summed E-state index contributed by atoms with van der Waals surface area (Å²) in [6.45, 7) is 3.05. The van der Waals surface area contributed by atoms with Gasteiger partial charge >= 0.3 is 6.18 Å². The Bertz CT molecular complexity index is 1560. The van der Waals surface area contributed by atoms with Gasteiger partial charge in [-0.25, -0.2) is 0 Å². The van der Waals surface area contributed by atoms with Crippen LogP contribution >= 0.6 is 0 Å². The van der Waals surface area contributed by atoms with Gasteiger partial charge in [-0.3, -0.25) is 4.79 Å². The number of rotatable bonds is 7. The van der Waals surface area contributed by atoms with E-state index in [1.54, 1.807) is 35.8 Å². The fourth-order valence-electron chi connectivity index (χ4n) is 5.20. The van der Waals surface area contributed by atoms with Gasteiger partial charge in [-0.1, -0.05) is 0 Å². The third kappa shape index (κ3) is 4.82. The summed E-state index contributed by atoms with van der Waals surface area (Å²) in [7, 11) is 2.98. The highest BCUT2D eigenvalue weighted by Gasteiger charge is 2.36. The van der Waals surface area contributed by atoms with Crippen LogP contribution in [-0.4, -0.2) is 53.4 Å². The average molecular weight is 543 g/mol. The number of aliphatic hydroxyl groups is 1. The molecule has 4 aromatic rings. The van der Waals surface area contributed by atoms with E-state index in [9.17, 15) is 23.1 Å². The Labute approximate surface area is 222 Å². The minimum atomic E-state index is -4.72. The SMILES string of the molecule is COc1cc(OC)cc(-c2nn(-c3cc(N4CCCC4)ccc3C(F)(F)F)c(=O)c3c2cc(C)n3CCO)c1. The molecule has 206 valence electrons. The zero-order chi connectivity index (χ0) is 27.9. The van der Waals surface area contributed by atoms with Gasteiger partial charge in [0.25, 0.3) is 5.56 Å². The monoisotopic (exact) mass is 542 g/mol. The molecule has 1 N–H and O–H groups in total. The fraction of sp³-hybridized carbons (Fsp3) is 0.357. The quantitative estimate of drug-likeness (QED) is 0.362. The van der Waals surface area contributed by atoms with E-state index in [2.05, 4.69) is 5.10 Å². The molecule has 8 nitrogen and oxygen atoms in total. The molecular weight excluding hydrogens is 513 g/mol. The first kappa shape index (κ1) is 26.6. The first-order chi connectivity index (χ1) is 18.7. The van der Waals surface area contributed by atoms with Crippen LogP contribution in [0.4, 0.5) is 18.9 Å². The lowest BCUT2D eigenvalue weighted by Crippen LogP contribution is -2.27. The molecule has 0 spiro atoms. The van der Waals surface area contributed by atoms with Gasteiger partial charge in [-0.2, -0.15) is 23.0 Å². The van der Waals surface area contributed by atoms with Crippen molar-refractivity contribution in [3.8, 4) is 28.4 Å². The summed E-state index contributed by atoms with van der Waals surface area (Å²) in [6, 6.07) is 10.6. The van der Waals surface area contributed by atoms with E-state index in [-0.39, 0.29) is 30.0 Å². The van der Waals surface area contributed by atoms with Crippen molar-refractivity contribution in [2.45, 2.75) is 32.5 Å². The van der Waals surface area contributed by atoms with Crippen molar-refractivity contribution in [1.82, 2.24) is 14.3 Å². The number of aliphatic hydroxyl groups excluding tert-OH is 1. The van der Waals surface area contributed by atoms with Gasteiger partial charge in [-0.15, -0.1) is 0 Å². The number of anilines is 1. The Hall–Kier alpha value is -3.99. The first-order valence-corrected chi connectivity index (χ1v) is 12.6. The zero-order valence-electron chi connectivity index (χ0n) is 21.9. The Balaban J connectivity index is 1.88. The van der Waals surface area contributed by atoms with Crippen LogP contribution in [0.3, 0.4) is 0 Å². The Morgan fingerprint density at radius 1 is 1.00 bits per heavy atom. The Morgan fingerprint density at radius 3 is 2.26 bits per heavy atom. The molecule has 3 heterocycles. The third-order valence-corrected chi connectivity index (χ3v) is 7.09. The molecule has 2 aromatic heterocycles. The van der Waals surface area contributed by atoms with Crippen LogP contribution in [-0.2, 0) is 12.7 Å². The highest BCUT2D eigenvalue weighted by molar-refractivity contribution is 5.94. The molecule has 1 saturated heterocycles. The van der Waals surface area contributed by atoms with Gasteiger partial charge in [0.15, 0.2) is 0 Å². The van der Waals surface area contributed by atoms with Gasteiger partial charge in [0.05, 0.1) is 32.1 Å². The summed E-state index contributed by atoms with van der Waals surface area (Å²) in [4.78, 5) is 15.9. The zero-order valence-corrected chi connectivity index (χ0v) is 21.9. The number of benzene rings is 2. The van der Waals surface area contributed by atoms with E-state index in [4.69, 9.17) is 9.47 Å². The van der Waals surface area contributed by atoms with Crippen LogP contribution in [0.2, 0.25) is 0 Å². The van der Waals surface area contributed by atoms with Crippen molar-refractivity contribution in [3.63, 3.8) is 0 Å². The minimum absolute atomic E-state index is 0.0927. The molecule has 0 bridgehead atoms. The van der Waals surface area contributed by atoms with E-state index >= 15 is 0 Å². The predicted octanol–water partition coefficient (Wildman–Crippen LogP) is 4.79. The molecule has 11 heteroatoms. The average Bonchev–Trinajstić information content (AvgIpc) is 3.57. The van der Waals surface area contributed by atoms with Crippen molar-refractivity contribution >= 4 is 16.6 Å². The summed E-state index contributed by atoms with van der Waals surface area (Å²) in [5.41, 5.74) is 0.137. The second-order valence-corrected chi connectivity index (χ2v) is 9.48. The van der Waals surface area contributed by atoms with Gasteiger partial charge < -0.3 is 24.0 Å². The molecule has 0 atom stereocenters. The second-order valence-electron chi connectivity index (χ2n) is 9.48. The van der Waals surface area contributed by atoms with Crippen LogP contribution in [0, 0.1) is 6.92 Å². The van der Waals surface area contributed by atoms with Crippen molar-refractivity contribution in [1.29, 1.82) is 0 Å². The minimum Gasteiger partial charge on any atom is -0.497 e. The number of hydrogen-bond donors (Lipinski definition) is 1. The molecule has 1 fully saturated rings. The Morgan fingerprint density at radius 2 is 1.67 bits per heavy atom. The van der Waals surface area contributed by atoms with Crippen LogP contribution in [0.5, 0.6) is 11.5 Å². The van der Waals surface area contributed by atoms with E-state index in [1.807, 2.05) is 4.90 Å². The lowest BCUT2D eigenvalue weighted by atomic mass is 10.1. The van der Waals surface area contributed by atoms with E-state index < -0.39 is 17.3 Å². The molecular formula is C28H29F3N4O4. The molecule has 5 rings (SSSR count). The molecule has 39 heavy (non-hydrogen) atoms. The second kappa shape index (κ2) is 10.3. The standard InChI is InChI=1S/C28H29F3N4O4/c1-17-12-22-25(18-13-20(38-2)16-21(14-18)39-3)32-35(27(37)26(22)34(17)10-11-36)24-15-19(33-8-4-5-9-33)6-7-23(24)28(29,30)31/h6-7,12-16,36H,4-5,8-11H2,1-3H3. The fourth-order valence-corrected chi connectivity index (χ4v) is 5.20. The number of hydrogen-bond acceptors (Lipinski definition) is 6. The lowest BCUT2D eigenvalue weighted by Gasteiger charge is -2.22. The number of alkyl halides is 3. The number of methoxy groups -OCH3 is 2. The number of halogens is 3. The molecule has 2 aromatic carbocycles. The maximum absolute atomic E-state index is 14.3. The largest absolute Gasteiger partial charge is 0.497 e. The molecule has 1 aliphatic rings. The van der Waals surface area contributed by atoms with Crippen LogP contribution in [0.15, 0.2) is 47.3 Å². The van der Waals surface area contributed by atoms with E-state index in [0.29, 0.717) is 33.8 Å². The van der Waals surface area contributed by atoms with Crippen molar-refractivity contribution in [3.05, 3.63) is 64.1 Å². The predicted molar refractivity (Wildman–Crippen MR) is 142 cm³/mol. The van der Waals surface area contributed by atoms with Crippen molar-refractivity contribution in [2.75, 3.05) is 38.8 Å². The van der Waals surface area contributed by atoms with Crippen LogP contribution in [0.25, 0.3) is 27.8 Å². The summed E-state index contributed by atoms with van der Waals surface area (Å²) >= 11 is 0. The van der Waals surface area contributed by atoms with E-state index in [0.717, 1.165) is 36.7 Å². The summed E-state index contributed by atoms with van der Waals surface area (Å²) < 4.78 is 56.1. The molecule has 0 aliphatic carbocycles. The Kier molecular flexibility index (Phi) is 7.02. The third-order valence-electron chi connectivity index (χ3n) is 7.09. The van der Waals surface area contributed by atoms with Gasteiger partial charge in [0.1, 0.15) is 22.7 Å². The number of aromatic nitrogens is 3. The van der Waals surface area contributed by atoms with Gasteiger partial charge in [0, 0.05) is 48.0 Å². The van der Waals surface area contributed by atoms with Gasteiger partial charge in [-0.05, 0) is 56.2 Å². The highest BCUT2D eigenvalue weighted by Crippen LogP contribution is 2.38.